The van der Waals surface area contributed by atoms with Crippen molar-refractivity contribution in [1.29, 1.82) is 0 Å². The fourth-order valence-electron chi connectivity index (χ4n) is 4.27. The lowest BCUT2D eigenvalue weighted by atomic mass is 10.1. The number of nitrogens with zero attached hydrogens (tertiary/aromatic N) is 5. The van der Waals surface area contributed by atoms with Gasteiger partial charge in [0.2, 0.25) is 0 Å². The number of nitrogens with one attached hydrogen (secondary N) is 1. The fraction of sp³-hybridized carbons (Fsp3) is 0.292. The fourth-order valence-corrected chi connectivity index (χ4v) is 4.27. The van der Waals surface area contributed by atoms with E-state index in [0.29, 0.717) is 35.4 Å². The lowest BCUT2D eigenvalue weighted by Gasteiger charge is -2.06. The van der Waals surface area contributed by atoms with Crippen molar-refractivity contribution in [3.05, 3.63) is 83.7 Å². The molecule has 4 aromatic rings. The smallest absolute Gasteiger partial charge is 0.295 e. The molecule has 0 spiro atoms. The van der Waals surface area contributed by atoms with Gasteiger partial charge < -0.3 is 0 Å². The minimum absolute atomic E-state index is 0.0750. The van der Waals surface area contributed by atoms with Gasteiger partial charge in [0, 0.05) is 31.1 Å². The number of nitro groups is 1. The molecule has 176 valence electrons. The standard InChI is InChI=1S/C24H26N6O4/c1-6-27-21-11-18(20(30(33)34)12-22(21)28(7-2)24(27)32)25-13-17-16(5)26-29(23(17)31)19-9-8-14(3)10-15(19)4/h8-13,26H,6-7H2,1-5H3. The molecule has 0 aliphatic carbocycles. The summed E-state index contributed by atoms with van der Waals surface area (Å²) in [6.07, 6.45) is 1.34. The Morgan fingerprint density at radius 1 is 1.03 bits per heavy atom. The number of aryl methyl sites for hydroxylation is 5. The van der Waals surface area contributed by atoms with Crippen molar-refractivity contribution < 1.29 is 4.92 Å². The normalized spacial score (nSPS) is 11.7. The number of hydrogen-bond acceptors (Lipinski definition) is 5. The van der Waals surface area contributed by atoms with Gasteiger partial charge in [-0.15, -0.1) is 0 Å². The van der Waals surface area contributed by atoms with E-state index in [1.807, 2.05) is 45.9 Å². The maximum absolute atomic E-state index is 13.1. The van der Waals surface area contributed by atoms with Gasteiger partial charge >= 0.3 is 5.69 Å². The van der Waals surface area contributed by atoms with Crippen LogP contribution in [0.2, 0.25) is 0 Å². The number of aromatic nitrogens is 4. The molecule has 0 aliphatic heterocycles. The zero-order chi connectivity index (χ0) is 24.7. The van der Waals surface area contributed by atoms with Gasteiger partial charge in [0.25, 0.3) is 11.2 Å². The highest BCUT2D eigenvalue weighted by Gasteiger charge is 2.21. The van der Waals surface area contributed by atoms with Crippen molar-refractivity contribution in [3.8, 4) is 5.69 Å². The summed E-state index contributed by atoms with van der Waals surface area (Å²) < 4.78 is 4.49. The number of fused-ring (bicyclic) bond motifs is 1. The first kappa shape index (κ1) is 23.0. The molecule has 2 heterocycles. The minimum atomic E-state index is -0.530. The molecular weight excluding hydrogens is 436 g/mol. The Balaban J connectivity index is 1.87. The zero-order valence-corrected chi connectivity index (χ0v) is 19.7. The number of aliphatic imine (C=N–C) groups is 1. The molecule has 10 nitrogen and oxygen atoms in total. The molecule has 0 saturated heterocycles. The molecule has 0 fully saturated rings. The average molecular weight is 463 g/mol. The predicted octanol–water partition coefficient (Wildman–Crippen LogP) is 3.91. The topological polar surface area (TPSA) is 120 Å². The number of H-pyrrole nitrogens is 1. The third-order valence-corrected chi connectivity index (χ3v) is 5.99. The largest absolute Gasteiger partial charge is 0.329 e. The molecule has 0 saturated carbocycles. The van der Waals surface area contributed by atoms with Crippen molar-refractivity contribution in [2.24, 2.45) is 4.99 Å². The number of aromatic amines is 1. The van der Waals surface area contributed by atoms with Gasteiger partial charge in [0.15, 0.2) is 0 Å². The molecule has 2 aromatic heterocycles. The van der Waals surface area contributed by atoms with Crippen LogP contribution >= 0.6 is 0 Å². The summed E-state index contributed by atoms with van der Waals surface area (Å²) in [6.45, 7) is 10.1. The summed E-state index contributed by atoms with van der Waals surface area (Å²) in [5, 5.41) is 14.9. The quantitative estimate of drug-likeness (QED) is 0.265. The monoisotopic (exact) mass is 462 g/mol. The lowest BCUT2D eigenvalue weighted by molar-refractivity contribution is -0.383. The van der Waals surface area contributed by atoms with Crippen molar-refractivity contribution in [2.75, 3.05) is 0 Å². The van der Waals surface area contributed by atoms with Crippen LogP contribution in [-0.2, 0) is 13.1 Å². The number of benzene rings is 2. The van der Waals surface area contributed by atoms with E-state index in [2.05, 4.69) is 10.1 Å². The molecule has 0 unspecified atom stereocenters. The highest BCUT2D eigenvalue weighted by atomic mass is 16.6. The Morgan fingerprint density at radius 2 is 1.68 bits per heavy atom. The van der Waals surface area contributed by atoms with E-state index in [1.54, 1.807) is 11.5 Å². The number of imidazole rings is 1. The summed E-state index contributed by atoms with van der Waals surface area (Å²) in [4.78, 5) is 41.4. The molecule has 2 aromatic carbocycles. The second-order valence-corrected chi connectivity index (χ2v) is 8.20. The van der Waals surface area contributed by atoms with E-state index in [-0.39, 0.29) is 22.6 Å². The van der Waals surface area contributed by atoms with Crippen molar-refractivity contribution in [1.82, 2.24) is 18.9 Å². The van der Waals surface area contributed by atoms with E-state index >= 15 is 0 Å². The predicted molar refractivity (Wildman–Crippen MR) is 132 cm³/mol. The van der Waals surface area contributed by atoms with Crippen LogP contribution in [0.25, 0.3) is 16.7 Å². The zero-order valence-electron chi connectivity index (χ0n) is 19.7. The van der Waals surface area contributed by atoms with E-state index in [1.165, 1.54) is 27.6 Å². The van der Waals surface area contributed by atoms with Gasteiger partial charge in [-0.25, -0.2) is 14.5 Å². The molecule has 1 N–H and O–H groups in total. The number of rotatable bonds is 6. The molecule has 0 atom stereocenters. The maximum atomic E-state index is 13.1. The summed E-state index contributed by atoms with van der Waals surface area (Å²) in [7, 11) is 0. The molecule has 0 radical (unpaired) electrons. The van der Waals surface area contributed by atoms with Gasteiger partial charge in [0.05, 0.1) is 27.2 Å². The SMILES string of the molecule is CCn1c(=O)n(CC)c2cc([N+](=O)[O-])c(N=Cc3c(C)[nH]n(-c4ccc(C)cc4C)c3=O)cc21. The third kappa shape index (κ3) is 3.66. The number of nitro benzene ring substituents is 1. The number of hydrogen-bond donors (Lipinski definition) is 1. The second-order valence-electron chi connectivity index (χ2n) is 8.20. The molecule has 10 heteroatoms. The molecule has 34 heavy (non-hydrogen) atoms. The van der Waals surface area contributed by atoms with Crippen LogP contribution in [0.15, 0.2) is 44.9 Å². The molecule has 0 amide bonds. The van der Waals surface area contributed by atoms with E-state index in [4.69, 9.17) is 0 Å². The van der Waals surface area contributed by atoms with Crippen molar-refractivity contribution in [2.45, 2.75) is 47.7 Å². The summed E-state index contributed by atoms with van der Waals surface area (Å²) in [5.74, 6) is 0. The first-order valence-electron chi connectivity index (χ1n) is 11.0. The van der Waals surface area contributed by atoms with Gasteiger partial charge in [-0.1, -0.05) is 17.7 Å². The van der Waals surface area contributed by atoms with Crippen LogP contribution in [-0.4, -0.2) is 30.1 Å². The first-order valence-corrected chi connectivity index (χ1v) is 11.0. The molecule has 0 bridgehead atoms. The Bertz CT molecular complexity index is 1580. The highest BCUT2D eigenvalue weighted by molar-refractivity contribution is 5.89. The highest BCUT2D eigenvalue weighted by Crippen LogP contribution is 2.32. The Hall–Kier alpha value is -4.21. The van der Waals surface area contributed by atoms with Crippen LogP contribution in [0.4, 0.5) is 11.4 Å². The Labute approximate surface area is 194 Å². The van der Waals surface area contributed by atoms with Gasteiger partial charge in [0.1, 0.15) is 5.69 Å². The second kappa shape index (κ2) is 8.62. The lowest BCUT2D eigenvalue weighted by Crippen LogP contribution is -2.23. The van der Waals surface area contributed by atoms with Crippen LogP contribution in [0.1, 0.15) is 36.2 Å². The average Bonchev–Trinajstić information content (AvgIpc) is 3.22. The summed E-state index contributed by atoms with van der Waals surface area (Å²) in [6, 6.07) is 8.68. The van der Waals surface area contributed by atoms with Crippen LogP contribution in [0.3, 0.4) is 0 Å². The molecule has 0 aliphatic rings. The summed E-state index contributed by atoms with van der Waals surface area (Å²) in [5.41, 5.74) is 3.98. The minimum Gasteiger partial charge on any atom is -0.295 e. The summed E-state index contributed by atoms with van der Waals surface area (Å²) >= 11 is 0. The third-order valence-electron chi connectivity index (χ3n) is 5.99. The molecular formula is C24H26N6O4. The van der Waals surface area contributed by atoms with Crippen LogP contribution in [0, 0.1) is 30.9 Å². The maximum Gasteiger partial charge on any atom is 0.329 e. The van der Waals surface area contributed by atoms with Gasteiger partial charge in [-0.3, -0.25) is 29.1 Å². The van der Waals surface area contributed by atoms with Crippen molar-refractivity contribution in [3.63, 3.8) is 0 Å². The van der Waals surface area contributed by atoms with Crippen LogP contribution < -0.4 is 11.2 Å². The van der Waals surface area contributed by atoms with E-state index in [9.17, 15) is 19.7 Å². The van der Waals surface area contributed by atoms with E-state index < -0.39 is 4.92 Å². The van der Waals surface area contributed by atoms with Gasteiger partial charge in [-0.2, -0.15) is 0 Å². The van der Waals surface area contributed by atoms with E-state index in [0.717, 1.165) is 16.8 Å². The van der Waals surface area contributed by atoms with Gasteiger partial charge in [-0.05, 0) is 52.3 Å². The van der Waals surface area contributed by atoms with Crippen molar-refractivity contribution >= 4 is 28.6 Å². The van der Waals surface area contributed by atoms with Crippen LogP contribution in [0.5, 0.6) is 0 Å². The molecule has 4 rings (SSSR count). The Morgan fingerprint density at radius 3 is 2.26 bits per heavy atom. The Kier molecular flexibility index (Phi) is 5.82. The first-order chi connectivity index (χ1) is 16.2.